The van der Waals surface area contributed by atoms with Crippen LogP contribution in [0, 0.1) is 0 Å². The molecule has 0 heterocycles. The van der Waals surface area contributed by atoms with Gasteiger partial charge in [0, 0.05) is 12.8 Å². The average molecular weight is 112 g/mol. The molecule has 0 aromatic carbocycles. The van der Waals surface area contributed by atoms with Gasteiger partial charge in [-0.1, -0.05) is 6.58 Å². The lowest BCUT2D eigenvalue weighted by atomic mass is 10.4. The van der Waals surface area contributed by atoms with Crippen molar-refractivity contribution in [1.82, 2.24) is 5.43 Å². The Morgan fingerprint density at radius 2 is 2.50 bits per heavy atom. The van der Waals surface area contributed by atoms with E-state index in [4.69, 9.17) is 0 Å². The maximum Gasteiger partial charge on any atom is 0.0491 e. The molecule has 0 rings (SSSR count). The topological polar surface area (TPSA) is 24.4 Å². The van der Waals surface area contributed by atoms with Crippen LogP contribution in [0.4, 0.5) is 0 Å². The van der Waals surface area contributed by atoms with Gasteiger partial charge in [-0.25, -0.2) is 0 Å². The lowest BCUT2D eigenvalue weighted by Gasteiger charge is -1.89. The standard InChI is InChI=1S/C6H12N2/c1-4-7-8-5-6(2)3/h5,7H,2,4H2,1,3H3/b8-5-. The largest absolute Gasteiger partial charge is 0.310 e. The van der Waals surface area contributed by atoms with E-state index in [1.807, 2.05) is 13.8 Å². The van der Waals surface area contributed by atoms with Gasteiger partial charge in [0.1, 0.15) is 0 Å². The Morgan fingerprint density at radius 3 is 2.88 bits per heavy atom. The quantitative estimate of drug-likeness (QED) is 0.430. The van der Waals surface area contributed by atoms with Crippen LogP contribution in [-0.2, 0) is 0 Å². The van der Waals surface area contributed by atoms with Crippen molar-refractivity contribution in [3.05, 3.63) is 12.2 Å². The molecule has 46 valence electrons. The van der Waals surface area contributed by atoms with Crippen molar-refractivity contribution in [2.75, 3.05) is 6.54 Å². The molecular weight excluding hydrogens is 100 g/mol. The van der Waals surface area contributed by atoms with Crippen molar-refractivity contribution in [2.24, 2.45) is 5.10 Å². The van der Waals surface area contributed by atoms with Crippen molar-refractivity contribution < 1.29 is 0 Å². The Kier molecular flexibility index (Phi) is 3.94. The lowest BCUT2D eigenvalue weighted by molar-refractivity contribution is 0.787. The molecule has 0 aromatic rings. The van der Waals surface area contributed by atoms with Gasteiger partial charge in [0.25, 0.3) is 0 Å². The predicted molar refractivity (Wildman–Crippen MR) is 37.0 cm³/mol. The second-order valence-electron chi connectivity index (χ2n) is 1.62. The molecule has 2 heteroatoms. The third-order valence-corrected chi connectivity index (χ3v) is 0.534. The molecule has 0 saturated heterocycles. The van der Waals surface area contributed by atoms with E-state index in [1.165, 1.54) is 0 Å². The van der Waals surface area contributed by atoms with Crippen LogP contribution >= 0.6 is 0 Å². The Labute approximate surface area is 50.3 Å². The summed E-state index contributed by atoms with van der Waals surface area (Å²) in [4.78, 5) is 0. The van der Waals surface area contributed by atoms with E-state index in [9.17, 15) is 0 Å². The molecule has 0 fully saturated rings. The first-order valence-electron chi connectivity index (χ1n) is 2.68. The highest BCUT2D eigenvalue weighted by Crippen LogP contribution is 1.75. The van der Waals surface area contributed by atoms with E-state index in [-0.39, 0.29) is 0 Å². The summed E-state index contributed by atoms with van der Waals surface area (Å²) < 4.78 is 0. The molecule has 0 amide bonds. The Hall–Kier alpha value is -0.790. The minimum Gasteiger partial charge on any atom is -0.310 e. The molecule has 0 aliphatic heterocycles. The summed E-state index contributed by atoms with van der Waals surface area (Å²) >= 11 is 0. The third-order valence-electron chi connectivity index (χ3n) is 0.534. The minimum atomic E-state index is 0.865. The fraction of sp³-hybridized carbons (Fsp3) is 0.500. The summed E-state index contributed by atoms with van der Waals surface area (Å²) in [7, 11) is 0. The summed E-state index contributed by atoms with van der Waals surface area (Å²) in [5.74, 6) is 0. The molecular formula is C6H12N2. The summed E-state index contributed by atoms with van der Waals surface area (Å²) in [5.41, 5.74) is 3.75. The van der Waals surface area contributed by atoms with Crippen LogP contribution in [-0.4, -0.2) is 12.8 Å². The Bertz CT molecular complexity index is 94.7. The van der Waals surface area contributed by atoms with Gasteiger partial charge in [-0.05, 0) is 19.4 Å². The zero-order valence-electron chi connectivity index (χ0n) is 5.44. The molecule has 0 saturated carbocycles. The lowest BCUT2D eigenvalue weighted by Crippen LogP contribution is -2.02. The van der Waals surface area contributed by atoms with Crippen molar-refractivity contribution >= 4 is 6.21 Å². The third kappa shape index (κ3) is 5.21. The van der Waals surface area contributed by atoms with Gasteiger partial charge >= 0.3 is 0 Å². The number of rotatable bonds is 3. The van der Waals surface area contributed by atoms with E-state index in [1.54, 1.807) is 6.21 Å². The second kappa shape index (κ2) is 4.37. The van der Waals surface area contributed by atoms with Crippen LogP contribution < -0.4 is 5.43 Å². The molecule has 0 aliphatic rings. The normalized spacial score (nSPS) is 9.75. The molecule has 0 atom stereocenters. The summed E-state index contributed by atoms with van der Waals surface area (Å²) in [5, 5.41) is 3.81. The van der Waals surface area contributed by atoms with Crippen LogP contribution in [0.15, 0.2) is 17.3 Å². The fourth-order valence-electron chi connectivity index (χ4n) is 0.247. The average Bonchev–Trinajstić information content (AvgIpc) is 1.66. The number of nitrogens with zero attached hydrogens (tertiary/aromatic N) is 1. The Balaban J connectivity index is 3.20. The van der Waals surface area contributed by atoms with Crippen LogP contribution in [0.3, 0.4) is 0 Å². The number of allylic oxidation sites excluding steroid dienone is 1. The molecule has 8 heavy (non-hydrogen) atoms. The van der Waals surface area contributed by atoms with Gasteiger partial charge in [-0.15, -0.1) is 0 Å². The minimum absolute atomic E-state index is 0.865. The fourth-order valence-corrected chi connectivity index (χ4v) is 0.247. The van der Waals surface area contributed by atoms with Crippen LogP contribution in [0.25, 0.3) is 0 Å². The first kappa shape index (κ1) is 7.21. The molecule has 0 unspecified atom stereocenters. The van der Waals surface area contributed by atoms with Crippen molar-refractivity contribution in [3.8, 4) is 0 Å². The second-order valence-corrected chi connectivity index (χ2v) is 1.62. The van der Waals surface area contributed by atoms with E-state index in [2.05, 4.69) is 17.1 Å². The predicted octanol–water partition coefficient (Wildman–Crippen LogP) is 1.16. The summed E-state index contributed by atoms with van der Waals surface area (Å²) in [6.07, 6.45) is 1.70. The Morgan fingerprint density at radius 1 is 1.88 bits per heavy atom. The highest BCUT2D eigenvalue weighted by Gasteiger charge is 1.70. The van der Waals surface area contributed by atoms with Gasteiger partial charge in [0.2, 0.25) is 0 Å². The monoisotopic (exact) mass is 112 g/mol. The van der Waals surface area contributed by atoms with Gasteiger partial charge in [0.05, 0.1) is 0 Å². The van der Waals surface area contributed by atoms with Gasteiger partial charge in [0.15, 0.2) is 0 Å². The number of hydrogen-bond acceptors (Lipinski definition) is 2. The molecule has 2 nitrogen and oxygen atoms in total. The highest BCUT2D eigenvalue weighted by atomic mass is 15.3. The summed E-state index contributed by atoms with van der Waals surface area (Å²) in [6, 6.07) is 0. The zero-order chi connectivity index (χ0) is 6.41. The molecule has 0 radical (unpaired) electrons. The molecule has 0 aliphatic carbocycles. The van der Waals surface area contributed by atoms with Crippen LogP contribution in [0.2, 0.25) is 0 Å². The van der Waals surface area contributed by atoms with Gasteiger partial charge in [-0.2, -0.15) is 5.10 Å². The van der Waals surface area contributed by atoms with Crippen molar-refractivity contribution in [1.29, 1.82) is 0 Å². The number of hydrogen-bond donors (Lipinski definition) is 1. The van der Waals surface area contributed by atoms with Crippen molar-refractivity contribution in [3.63, 3.8) is 0 Å². The van der Waals surface area contributed by atoms with E-state index in [0.717, 1.165) is 12.1 Å². The van der Waals surface area contributed by atoms with Gasteiger partial charge in [-0.3, -0.25) is 0 Å². The SMILES string of the molecule is C=C(C)/C=N\NCC. The maximum atomic E-state index is 3.81. The zero-order valence-corrected chi connectivity index (χ0v) is 5.44. The molecule has 0 bridgehead atoms. The maximum absolute atomic E-state index is 3.81. The van der Waals surface area contributed by atoms with Crippen molar-refractivity contribution in [2.45, 2.75) is 13.8 Å². The van der Waals surface area contributed by atoms with E-state index in [0.29, 0.717) is 0 Å². The first-order chi connectivity index (χ1) is 3.77. The number of nitrogens with one attached hydrogen (secondary N) is 1. The van der Waals surface area contributed by atoms with E-state index < -0.39 is 0 Å². The van der Waals surface area contributed by atoms with Gasteiger partial charge < -0.3 is 5.43 Å². The van der Waals surface area contributed by atoms with E-state index >= 15 is 0 Å². The first-order valence-corrected chi connectivity index (χ1v) is 2.68. The summed E-state index contributed by atoms with van der Waals surface area (Å²) in [6.45, 7) is 8.40. The molecule has 0 spiro atoms. The van der Waals surface area contributed by atoms with Crippen LogP contribution in [0.1, 0.15) is 13.8 Å². The highest BCUT2D eigenvalue weighted by molar-refractivity contribution is 5.76. The smallest absolute Gasteiger partial charge is 0.0491 e. The molecule has 0 aromatic heterocycles. The molecule has 1 N–H and O–H groups in total. The van der Waals surface area contributed by atoms with Crippen LogP contribution in [0.5, 0.6) is 0 Å². The number of hydrazone groups is 1.